The molecule has 0 spiro atoms. The number of carbonyl (C=O) groups excluding carboxylic acids is 2. The van der Waals surface area contributed by atoms with E-state index < -0.39 is 0 Å². The van der Waals surface area contributed by atoms with Gasteiger partial charge in [0.05, 0.1) is 0 Å². The molecule has 0 aliphatic carbocycles. The number of nitrogens with one attached hydrogen (secondary N) is 1. The average molecular weight is 300 g/mol. The van der Waals surface area contributed by atoms with E-state index in [2.05, 4.69) is 19.2 Å². The smallest absolute Gasteiger partial charge is 0.246 e. The molecule has 1 fully saturated rings. The molecule has 3 unspecified atom stereocenters. The van der Waals surface area contributed by atoms with Crippen molar-refractivity contribution in [3.63, 3.8) is 0 Å². The van der Waals surface area contributed by atoms with E-state index >= 15 is 0 Å². The second kappa shape index (κ2) is 7.91. The number of piperazine rings is 1. The Labute approximate surface area is 127 Å². The van der Waals surface area contributed by atoms with Crippen molar-refractivity contribution in [3.05, 3.63) is 0 Å². The summed E-state index contributed by atoms with van der Waals surface area (Å²) in [6.07, 6.45) is 0.889. The van der Waals surface area contributed by atoms with Crippen molar-refractivity contribution < 1.29 is 9.59 Å². The zero-order chi connectivity index (χ0) is 15.3. The van der Waals surface area contributed by atoms with Crippen molar-refractivity contribution in [2.75, 3.05) is 18.1 Å². The highest BCUT2D eigenvalue weighted by atomic mass is 32.2. The fourth-order valence-corrected chi connectivity index (χ4v) is 3.21. The Kier molecular flexibility index (Phi) is 6.86. The molecular weight excluding hydrogens is 272 g/mol. The van der Waals surface area contributed by atoms with E-state index in [4.69, 9.17) is 0 Å². The van der Waals surface area contributed by atoms with Crippen molar-refractivity contribution in [1.29, 1.82) is 0 Å². The number of hydrogen-bond donors (Lipinski definition) is 1. The van der Waals surface area contributed by atoms with Crippen molar-refractivity contribution in [2.45, 2.75) is 53.1 Å². The summed E-state index contributed by atoms with van der Waals surface area (Å²) in [6, 6.07) is -0.672. The minimum absolute atomic E-state index is 0.00592. The van der Waals surface area contributed by atoms with Crippen molar-refractivity contribution in [1.82, 2.24) is 10.2 Å². The molecule has 0 aromatic rings. The lowest BCUT2D eigenvalue weighted by Gasteiger charge is -2.42. The fourth-order valence-electron chi connectivity index (χ4n) is 2.60. The molecule has 116 valence electrons. The average Bonchev–Trinajstić information content (AvgIpc) is 2.41. The summed E-state index contributed by atoms with van der Waals surface area (Å²) in [5.74, 6) is 2.35. The number of amides is 2. The van der Waals surface area contributed by atoms with Gasteiger partial charge in [0, 0.05) is 12.3 Å². The molecular formula is C15H28N2O2S. The van der Waals surface area contributed by atoms with Gasteiger partial charge in [0.25, 0.3) is 0 Å². The van der Waals surface area contributed by atoms with Gasteiger partial charge in [0.2, 0.25) is 11.8 Å². The first-order valence-corrected chi connectivity index (χ1v) is 8.78. The number of rotatable bonds is 7. The van der Waals surface area contributed by atoms with Crippen LogP contribution in [0.25, 0.3) is 0 Å². The second-order valence-corrected chi connectivity index (χ2v) is 7.18. The maximum atomic E-state index is 12.7. The van der Waals surface area contributed by atoms with Crippen LogP contribution in [0.15, 0.2) is 0 Å². The Bertz CT molecular complexity index is 347. The predicted octanol–water partition coefficient (Wildman–Crippen LogP) is 2.14. The number of carbonyl (C=O) groups is 2. The first kappa shape index (κ1) is 17.3. The van der Waals surface area contributed by atoms with E-state index in [9.17, 15) is 9.59 Å². The van der Waals surface area contributed by atoms with Gasteiger partial charge >= 0.3 is 0 Å². The fraction of sp³-hybridized carbons (Fsp3) is 0.867. The summed E-state index contributed by atoms with van der Waals surface area (Å²) in [5.41, 5.74) is 0. The van der Waals surface area contributed by atoms with Gasteiger partial charge in [-0.05, 0) is 17.6 Å². The van der Waals surface area contributed by atoms with Crippen LogP contribution < -0.4 is 5.32 Å². The highest BCUT2D eigenvalue weighted by Gasteiger charge is 2.43. The minimum Gasteiger partial charge on any atom is -0.342 e. The molecule has 0 radical (unpaired) electrons. The standard InChI is InChI=1S/C15H28N2O2S/c1-6-11(5)12-15(19)17(8-9-20-7-2)13(10(3)4)14(18)16-12/h10-13H,6-9H2,1-5H3,(H,16,18). The van der Waals surface area contributed by atoms with Crippen LogP contribution >= 0.6 is 11.8 Å². The maximum Gasteiger partial charge on any atom is 0.246 e. The van der Waals surface area contributed by atoms with Crippen LogP contribution in [0.2, 0.25) is 0 Å². The Hall–Kier alpha value is -0.710. The highest BCUT2D eigenvalue weighted by Crippen LogP contribution is 2.22. The molecule has 20 heavy (non-hydrogen) atoms. The van der Waals surface area contributed by atoms with Crippen LogP contribution in [0.3, 0.4) is 0 Å². The Morgan fingerprint density at radius 3 is 2.40 bits per heavy atom. The first-order valence-electron chi connectivity index (χ1n) is 7.62. The van der Waals surface area contributed by atoms with Crippen LogP contribution in [0.4, 0.5) is 0 Å². The number of thioether (sulfide) groups is 1. The molecule has 1 rings (SSSR count). The van der Waals surface area contributed by atoms with Gasteiger partial charge in [-0.1, -0.05) is 41.0 Å². The van der Waals surface area contributed by atoms with E-state index in [1.165, 1.54) is 0 Å². The predicted molar refractivity (Wildman–Crippen MR) is 84.7 cm³/mol. The lowest BCUT2D eigenvalue weighted by molar-refractivity contribution is -0.152. The summed E-state index contributed by atoms with van der Waals surface area (Å²) >= 11 is 1.81. The molecule has 1 aliphatic rings. The second-order valence-electron chi connectivity index (χ2n) is 5.79. The monoisotopic (exact) mass is 300 g/mol. The molecule has 0 saturated carbocycles. The van der Waals surface area contributed by atoms with Crippen LogP contribution in [0, 0.1) is 11.8 Å². The zero-order valence-electron chi connectivity index (χ0n) is 13.3. The molecule has 4 nitrogen and oxygen atoms in total. The van der Waals surface area contributed by atoms with Crippen LogP contribution in [0.1, 0.15) is 41.0 Å². The Morgan fingerprint density at radius 1 is 1.25 bits per heavy atom. The topological polar surface area (TPSA) is 49.4 Å². The summed E-state index contributed by atoms with van der Waals surface area (Å²) < 4.78 is 0. The van der Waals surface area contributed by atoms with Crippen LogP contribution in [-0.4, -0.2) is 46.8 Å². The highest BCUT2D eigenvalue weighted by molar-refractivity contribution is 7.99. The molecule has 1 saturated heterocycles. The third kappa shape index (κ3) is 3.90. The molecule has 0 aromatic carbocycles. The molecule has 2 amide bonds. The molecule has 3 atom stereocenters. The third-order valence-electron chi connectivity index (χ3n) is 3.98. The van der Waals surface area contributed by atoms with Gasteiger partial charge in [-0.2, -0.15) is 11.8 Å². The SMILES string of the molecule is CCSCCN1C(=O)C(C(C)CC)NC(=O)C1C(C)C. The summed E-state index contributed by atoms with van der Waals surface area (Å²) in [7, 11) is 0. The van der Waals surface area contributed by atoms with Gasteiger partial charge in [0.1, 0.15) is 12.1 Å². The lowest BCUT2D eigenvalue weighted by Crippen LogP contribution is -2.66. The van der Waals surface area contributed by atoms with E-state index in [-0.39, 0.29) is 35.7 Å². The molecule has 1 aliphatic heterocycles. The summed E-state index contributed by atoms with van der Waals surface area (Å²) in [4.78, 5) is 26.8. The first-order chi connectivity index (χ1) is 9.43. The van der Waals surface area contributed by atoms with Crippen LogP contribution in [0.5, 0.6) is 0 Å². The normalized spacial score (nSPS) is 25.0. The van der Waals surface area contributed by atoms with Gasteiger partial charge in [-0.3, -0.25) is 9.59 Å². The third-order valence-corrected chi connectivity index (χ3v) is 4.86. The number of hydrogen-bond acceptors (Lipinski definition) is 3. The van der Waals surface area contributed by atoms with Crippen molar-refractivity contribution in [2.24, 2.45) is 11.8 Å². The van der Waals surface area contributed by atoms with Crippen LogP contribution in [-0.2, 0) is 9.59 Å². The van der Waals surface area contributed by atoms with E-state index in [0.717, 1.165) is 17.9 Å². The Morgan fingerprint density at radius 2 is 1.90 bits per heavy atom. The zero-order valence-corrected chi connectivity index (χ0v) is 14.1. The molecule has 0 aromatic heterocycles. The minimum atomic E-state index is -0.353. The quantitative estimate of drug-likeness (QED) is 0.733. The number of nitrogens with zero attached hydrogens (tertiary/aromatic N) is 1. The van der Waals surface area contributed by atoms with E-state index in [1.54, 1.807) is 0 Å². The molecule has 1 heterocycles. The largest absolute Gasteiger partial charge is 0.342 e. The van der Waals surface area contributed by atoms with Gasteiger partial charge in [-0.25, -0.2) is 0 Å². The summed E-state index contributed by atoms with van der Waals surface area (Å²) in [5, 5.41) is 2.93. The molecule has 1 N–H and O–H groups in total. The van der Waals surface area contributed by atoms with Gasteiger partial charge < -0.3 is 10.2 Å². The molecule has 5 heteroatoms. The van der Waals surface area contributed by atoms with Crippen molar-refractivity contribution in [3.8, 4) is 0 Å². The van der Waals surface area contributed by atoms with Gasteiger partial charge in [-0.15, -0.1) is 0 Å². The summed E-state index contributed by atoms with van der Waals surface area (Å²) in [6.45, 7) is 10.9. The van der Waals surface area contributed by atoms with Gasteiger partial charge in [0.15, 0.2) is 0 Å². The lowest BCUT2D eigenvalue weighted by atomic mass is 9.91. The Balaban J connectivity index is 2.89. The maximum absolute atomic E-state index is 12.7. The van der Waals surface area contributed by atoms with E-state index in [0.29, 0.717) is 6.54 Å². The van der Waals surface area contributed by atoms with E-state index in [1.807, 2.05) is 37.4 Å². The molecule has 0 bridgehead atoms. The van der Waals surface area contributed by atoms with Crippen molar-refractivity contribution >= 4 is 23.6 Å².